The Labute approximate surface area is 193 Å². The van der Waals surface area contributed by atoms with E-state index in [1.54, 1.807) is 24.4 Å². The van der Waals surface area contributed by atoms with E-state index in [0.29, 0.717) is 32.1 Å². The van der Waals surface area contributed by atoms with Gasteiger partial charge in [-0.15, -0.1) is 0 Å². The number of amides is 2. The summed E-state index contributed by atoms with van der Waals surface area (Å²) in [5.41, 5.74) is 4.42. The number of carbonyl (C=O) groups is 2. The summed E-state index contributed by atoms with van der Waals surface area (Å²) in [6.45, 7) is 3.69. The van der Waals surface area contributed by atoms with Gasteiger partial charge >= 0.3 is 0 Å². The summed E-state index contributed by atoms with van der Waals surface area (Å²) >= 11 is 0. The lowest BCUT2D eigenvalue weighted by molar-refractivity contribution is -0.129. The molecule has 3 heterocycles. The van der Waals surface area contributed by atoms with E-state index in [0.717, 1.165) is 28.1 Å². The lowest BCUT2D eigenvalue weighted by Crippen LogP contribution is -2.33. The number of likely N-dealkylation sites (tertiary alicyclic amines) is 1. The molecule has 8 nitrogen and oxygen atoms in total. The van der Waals surface area contributed by atoms with Crippen LogP contribution in [0.3, 0.4) is 0 Å². The number of carbonyl (C=O) groups excluding carboxylic acids is 2. The van der Waals surface area contributed by atoms with E-state index in [1.807, 2.05) is 49.4 Å². The van der Waals surface area contributed by atoms with Gasteiger partial charge in [-0.2, -0.15) is 0 Å². The van der Waals surface area contributed by atoms with Crippen LogP contribution >= 0.6 is 0 Å². The summed E-state index contributed by atoms with van der Waals surface area (Å²) in [6, 6.07) is 13.7. The average molecular weight is 446 g/mol. The van der Waals surface area contributed by atoms with Crippen molar-refractivity contribution in [2.75, 3.05) is 26.8 Å². The van der Waals surface area contributed by atoms with Gasteiger partial charge in [0.2, 0.25) is 11.8 Å². The molecule has 33 heavy (non-hydrogen) atoms. The van der Waals surface area contributed by atoms with Crippen LogP contribution in [-0.2, 0) is 20.9 Å². The Bertz CT molecular complexity index is 1120. The standard InChI is InChI=1S/C25H27N5O3/c1-17-27-15-21(22-5-3-4-10-26-22)24(29-17)19-8-6-18(7-9-19)14-28-25(32)20-13-23(31)30(16-20)11-12-33-2/h3-10,15,20H,11-14,16H2,1-2H3,(H,28,32). The van der Waals surface area contributed by atoms with Gasteiger partial charge in [-0.05, 0) is 24.6 Å². The van der Waals surface area contributed by atoms with Crippen LogP contribution in [0.4, 0.5) is 0 Å². The number of hydrogen-bond donors (Lipinski definition) is 1. The lowest BCUT2D eigenvalue weighted by Gasteiger charge is -2.16. The minimum atomic E-state index is -0.321. The molecule has 2 amide bonds. The maximum atomic E-state index is 12.6. The van der Waals surface area contributed by atoms with Crippen molar-refractivity contribution >= 4 is 11.8 Å². The average Bonchev–Trinajstić information content (AvgIpc) is 3.22. The predicted molar refractivity (Wildman–Crippen MR) is 124 cm³/mol. The van der Waals surface area contributed by atoms with Crippen LogP contribution < -0.4 is 5.32 Å². The Morgan fingerprint density at radius 2 is 2.00 bits per heavy atom. The molecule has 8 heteroatoms. The third-order valence-corrected chi connectivity index (χ3v) is 5.69. The highest BCUT2D eigenvalue weighted by Gasteiger charge is 2.33. The summed E-state index contributed by atoms with van der Waals surface area (Å²) < 4.78 is 5.03. The fourth-order valence-electron chi connectivity index (χ4n) is 3.88. The van der Waals surface area contributed by atoms with Gasteiger partial charge in [-0.1, -0.05) is 30.3 Å². The fraction of sp³-hybridized carbons (Fsp3) is 0.320. The Morgan fingerprint density at radius 3 is 2.73 bits per heavy atom. The zero-order valence-electron chi connectivity index (χ0n) is 18.8. The monoisotopic (exact) mass is 445 g/mol. The first-order chi connectivity index (χ1) is 16.0. The Morgan fingerprint density at radius 1 is 1.18 bits per heavy atom. The molecule has 0 aliphatic carbocycles. The van der Waals surface area contributed by atoms with E-state index < -0.39 is 0 Å². The van der Waals surface area contributed by atoms with Crippen molar-refractivity contribution in [1.29, 1.82) is 0 Å². The first-order valence-electron chi connectivity index (χ1n) is 10.9. The smallest absolute Gasteiger partial charge is 0.225 e. The second kappa shape index (κ2) is 10.3. The van der Waals surface area contributed by atoms with E-state index in [2.05, 4.69) is 20.3 Å². The fourth-order valence-corrected chi connectivity index (χ4v) is 3.88. The third kappa shape index (κ3) is 5.40. The maximum Gasteiger partial charge on any atom is 0.225 e. The van der Waals surface area contributed by atoms with Gasteiger partial charge in [0.25, 0.3) is 0 Å². The van der Waals surface area contributed by atoms with E-state index >= 15 is 0 Å². The van der Waals surface area contributed by atoms with E-state index in [-0.39, 0.29) is 24.2 Å². The number of rotatable bonds is 8. The van der Waals surface area contributed by atoms with Gasteiger partial charge < -0.3 is 15.0 Å². The summed E-state index contributed by atoms with van der Waals surface area (Å²) in [5, 5.41) is 2.96. The second-order valence-electron chi connectivity index (χ2n) is 8.04. The van der Waals surface area contributed by atoms with Crippen molar-refractivity contribution in [3.05, 3.63) is 66.2 Å². The molecule has 4 rings (SSSR count). The number of nitrogens with one attached hydrogen (secondary N) is 1. The molecule has 1 aromatic carbocycles. The number of nitrogens with zero attached hydrogens (tertiary/aromatic N) is 4. The molecule has 3 aromatic rings. The van der Waals surface area contributed by atoms with Crippen LogP contribution in [0.25, 0.3) is 22.5 Å². The van der Waals surface area contributed by atoms with Crippen LogP contribution in [0.15, 0.2) is 54.9 Å². The topological polar surface area (TPSA) is 97.3 Å². The van der Waals surface area contributed by atoms with Crippen LogP contribution in [0.2, 0.25) is 0 Å². The molecule has 1 aliphatic rings. The minimum absolute atomic E-state index is 0.000377. The summed E-state index contributed by atoms with van der Waals surface area (Å²) in [6.07, 6.45) is 3.80. The molecule has 1 unspecified atom stereocenters. The highest BCUT2D eigenvalue weighted by atomic mass is 16.5. The molecule has 170 valence electrons. The zero-order valence-corrected chi connectivity index (χ0v) is 18.8. The molecule has 0 saturated carbocycles. The Hall–Kier alpha value is -3.65. The molecule has 1 aliphatic heterocycles. The van der Waals surface area contributed by atoms with Crippen molar-refractivity contribution in [2.45, 2.75) is 19.9 Å². The highest BCUT2D eigenvalue weighted by Crippen LogP contribution is 2.29. The van der Waals surface area contributed by atoms with Crippen LogP contribution in [0, 0.1) is 12.8 Å². The molecule has 1 fully saturated rings. The van der Waals surface area contributed by atoms with Gasteiger partial charge in [-0.3, -0.25) is 14.6 Å². The van der Waals surface area contributed by atoms with Crippen LogP contribution in [0.5, 0.6) is 0 Å². The van der Waals surface area contributed by atoms with Gasteiger partial charge in [0, 0.05) is 56.7 Å². The van der Waals surface area contributed by atoms with Crippen LogP contribution in [0.1, 0.15) is 17.8 Å². The van der Waals surface area contributed by atoms with Gasteiger partial charge in [-0.25, -0.2) is 9.97 Å². The van der Waals surface area contributed by atoms with Gasteiger partial charge in [0.05, 0.1) is 23.9 Å². The van der Waals surface area contributed by atoms with Crippen molar-refractivity contribution < 1.29 is 14.3 Å². The molecular weight excluding hydrogens is 418 g/mol. The van der Waals surface area contributed by atoms with Crippen LogP contribution in [-0.4, -0.2) is 58.5 Å². The van der Waals surface area contributed by atoms with Gasteiger partial charge in [0.15, 0.2) is 0 Å². The largest absolute Gasteiger partial charge is 0.383 e. The number of aryl methyl sites for hydroxylation is 1. The number of hydrogen-bond acceptors (Lipinski definition) is 6. The number of aromatic nitrogens is 3. The molecule has 0 bridgehead atoms. The van der Waals surface area contributed by atoms with Crippen molar-refractivity contribution in [3.8, 4) is 22.5 Å². The quantitative estimate of drug-likeness (QED) is 0.573. The summed E-state index contributed by atoms with van der Waals surface area (Å²) in [5.74, 6) is 0.266. The predicted octanol–water partition coefficient (Wildman–Crippen LogP) is 2.63. The number of pyridine rings is 1. The van der Waals surface area contributed by atoms with Crippen molar-refractivity contribution in [2.24, 2.45) is 5.92 Å². The van der Waals surface area contributed by atoms with E-state index in [1.165, 1.54) is 0 Å². The Balaban J connectivity index is 1.41. The van der Waals surface area contributed by atoms with E-state index in [4.69, 9.17) is 4.74 Å². The summed E-state index contributed by atoms with van der Waals surface area (Å²) in [4.78, 5) is 39.7. The highest BCUT2D eigenvalue weighted by molar-refractivity contribution is 5.89. The molecule has 2 aromatic heterocycles. The molecule has 0 spiro atoms. The number of ether oxygens (including phenoxy) is 1. The van der Waals surface area contributed by atoms with Crippen molar-refractivity contribution in [3.63, 3.8) is 0 Å². The molecule has 1 saturated heterocycles. The molecule has 1 N–H and O–H groups in total. The molecule has 0 radical (unpaired) electrons. The van der Waals surface area contributed by atoms with Crippen molar-refractivity contribution in [1.82, 2.24) is 25.2 Å². The second-order valence-corrected chi connectivity index (χ2v) is 8.04. The summed E-state index contributed by atoms with van der Waals surface area (Å²) in [7, 11) is 1.60. The first kappa shape index (κ1) is 22.5. The molecular formula is C25H27N5O3. The van der Waals surface area contributed by atoms with Gasteiger partial charge in [0.1, 0.15) is 5.82 Å². The normalized spacial score (nSPS) is 15.6. The maximum absolute atomic E-state index is 12.6. The third-order valence-electron chi connectivity index (χ3n) is 5.69. The number of methoxy groups -OCH3 is 1. The SMILES string of the molecule is COCCN1CC(C(=O)NCc2ccc(-c3nc(C)ncc3-c3ccccn3)cc2)CC1=O. The number of benzene rings is 1. The Kier molecular flexibility index (Phi) is 7.04. The zero-order chi connectivity index (χ0) is 23.2. The van der Waals surface area contributed by atoms with E-state index in [9.17, 15) is 9.59 Å². The minimum Gasteiger partial charge on any atom is -0.383 e. The first-order valence-corrected chi connectivity index (χ1v) is 10.9. The molecule has 1 atom stereocenters. The lowest BCUT2D eigenvalue weighted by atomic mass is 10.0.